The Bertz CT molecular complexity index is 25.2. The summed E-state index contributed by atoms with van der Waals surface area (Å²) in [5.74, 6) is 0. The van der Waals surface area contributed by atoms with E-state index in [1.54, 1.807) is 0 Å². The van der Waals surface area contributed by atoms with E-state index in [0.717, 1.165) is 0 Å². The van der Waals surface area contributed by atoms with Gasteiger partial charge in [0, 0.05) is 36.5 Å². The Morgan fingerprint density at radius 3 is 1.17 bits per heavy atom. The second-order valence-electron chi connectivity index (χ2n) is 0. The summed E-state index contributed by atoms with van der Waals surface area (Å²) in [5.41, 5.74) is 0. The normalized spacial score (nSPS) is 0. The van der Waals surface area contributed by atoms with Crippen molar-refractivity contribution in [1.29, 1.82) is 0 Å². The van der Waals surface area contributed by atoms with Crippen molar-refractivity contribution >= 4 is 139 Å². The van der Waals surface area contributed by atoms with E-state index in [9.17, 15) is 0 Å². The summed E-state index contributed by atoms with van der Waals surface area (Å²) in [6.45, 7) is 0. The molecule has 0 aromatic heterocycles. The largest absolute Gasteiger partial charge is 2.00 e. The monoisotopic (exact) mass is 590 g/mol. The summed E-state index contributed by atoms with van der Waals surface area (Å²) < 4.78 is 0. The van der Waals surface area contributed by atoms with Gasteiger partial charge in [0.2, 0.25) is 0 Å². The first-order chi connectivity index (χ1) is 0. The second-order valence-corrected chi connectivity index (χ2v) is 0. The summed E-state index contributed by atoms with van der Waals surface area (Å²) in [7, 11) is 0. The van der Waals surface area contributed by atoms with Gasteiger partial charge in [0.25, 0.3) is 0 Å². The van der Waals surface area contributed by atoms with Crippen molar-refractivity contribution in [3.63, 3.8) is 0 Å². The van der Waals surface area contributed by atoms with Crippen LogP contribution in [-0.4, -0.2) is 139 Å². The molecular formula is H9AlBaFePbSrZn. The number of rotatable bonds is 0. The smallest absolute Gasteiger partial charge is 0 e. The van der Waals surface area contributed by atoms with E-state index in [1.165, 1.54) is 0 Å². The van der Waals surface area contributed by atoms with E-state index in [1.807, 2.05) is 0 Å². The molecule has 0 heterocycles. The minimum atomic E-state index is 0. The standard InChI is InChI=1S/Al.Ba.Fe.Pb.Sr.Zn.9H/q;+2;;;+2;;;;;;;4*-1. The Labute approximate surface area is 176 Å². The Hall–Kier alpha value is 5.65. The summed E-state index contributed by atoms with van der Waals surface area (Å²) in [6.07, 6.45) is 0. The van der Waals surface area contributed by atoms with Gasteiger partial charge in [-0.1, -0.05) is 0 Å². The molecule has 0 bridgehead atoms. The van der Waals surface area contributed by atoms with Crippen LogP contribution < -0.4 is 0 Å². The Kier molecular flexibility index (Phi) is 214. The molecule has 0 N–H and O–H groups in total. The van der Waals surface area contributed by atoms with Gasteiger partial charge in [-0.15, -0.1) is 0 Å². The SMILES string of the molecule is [AlH3].[Ba+2].[Fe].[H-].[H-].[H-].[H-].[PbH2].[Sr+2].[Zn]. The van der Waals surface area contributed by atoms with E-state index in [4.69, 9.17) is 0 Å². The molecule has 6 heteroatoms. The van der Waals surface area contributed by atoms with E-state index in [2.05, 4.69) is 0 Å². The van der Waals surface area contributed by atoms with Crippen molar-refractivity contribution in [3.8, 4) is 0 Å². The van der Waals surface area contributed by atoms with Crippen LogP contribution in [-0.2, 0) is 36.5 Å². The van der Waals surface area contributed by atoms with Crippen LogP contribution >= 0.6 is 0 Å². The third-order valence-electron chi connectivity index (χ3n) is 0. The fourth-order valence-corrected chi connectivity index (χ4v) is 0. The molecule has 6 heavy (non-hydrogen) atoms. The summed E-state index contributed by atoms with van der Waals surface area (Å²) in [6, 6.07) is 0. The van der Waals surface area contributed by atoms with Gasteiger partial charge in [-0.05, 0) is 0 Å². The van der Waals surface area contributed by atoms with Gasteiger partial charge in [-0.3, -0.25) is 0 Å². The van der Waals surface area contributed by atoms with Crippen molar-refractivity contribution in [2.24, 2.45) is 0 Å². The molecule has 0 atom stereocenters. The van der Waals surface area contributed by atoms with Crippen molar-refractivity contribution in [3.05, 3.63) is 0 Å². The Balaban J connectivity index is 0. The minimum absolute atomic E-state index is 0. The van der Waals surface area contributed by atoms with Crippen molar-refractivity contribution in [1.82, 2.24) is 0 Å². The molecule has 0 saturated heterocycles. The molecular weight excluding hydrogens is 580 g/mol. The Morgan fingerprint density at radius 1 is 1.17 bits per heavy atom. The molecule has 0 saturated carbocycles. The van der Waals surface area contributed by atoms with Crippen molar-refractivity contribution < 1.29 is 42.3 Å². The van der Waals surface area contributed by atoms with E-state index in [-0.39, 0.29) is 181 Å². The molecule has 0 unspecified atom stereocenters. The molecule has 0 aliphatic carbocycles. The van der Waals surface area contributed by atoms with Crippen LogP contribution in [0.25, 0.3) is 0 Å². The van der Waals surface area contributed by atoms with Crippen LogP contribution in [0.3, 0.4) is 0 Å². The van der Waals surface area contributed by atoms with Gasteiger partial charge in [-0.25, -0.2) is 0 Å². The van der Waals surface area contributed by atoms with E-state index >= 15 is 0 Å². The van der Waals surface area contributed by atoms with Gasteiger partial charge >= 0.3 is 122 Å². The van der Waals surface area contributed by atoms with Crippen LogP contribution in [0.4, 0.5) is 0 Å². The fraction of sp³-hybridized carbons (Fsp3) is 0. The molecule has 0 rings (SSSR count). The van der Waals surface area contributed by atoms with Crippen LogP contribution in [0.15, 0.2) is 0 Å². The van der Waals surface area contributed by atoms with E-state index in [0.29, 0.717) is 0 Å². The van der Waals surface area contributed by atoms with Crippen LogP contribution in [0.1, 0.15) is 5.71 Å². The predicted octanol–water partition coefficient (Wildman–Crippen LogP) is -2.42. The summed E-state index contributed by atoms with van der Waals surface area (Å²) in [4.78, 5) is 0. The maximum atomic E-state index is 0. The summed E-state index contributed by atoms with van der Waals surface area (Å²) >= 11 is 0. The minimum Gasteiger partial charge on any atom is 0 e. The molecule has 0 amide bonds. The van der Waals surface area contributed by atoms with E-state index < -0.39 is 0 Å². The topological polar surface area (TPSA) is 0 Å². The molecule has 0 aliphatic heterocycles. The molecule has 0 nitrogen and oxygen atoms in total. The quantitative estimate of drug-likeness (QED) is 0.277. The second kappa shape index (κ2) is 31.1. The first-order valence-electron chi connectivity index (χ1n) is 0. The maximum absolute atomic E-state index is 0. The molecule has 2 radical (unpaired) electrons. The third kappa shape index (κ3) is 22.6. The maximum Gasteiger partial charge on any atom is 2.00 e. The number of hydrogen-bond donors (Lipinski definition) is 0. The zero-order valence-electron chi connectivity index (χ0n) is 7.18. The molecule has 0 aliphatic rings. The van der Waals surface area contributed by atoms with Gasteiger partial charge in [0.05, 0.1) is 0 Å². The van der Waals surface area contributed by atoms with Crippen LogP contribution in [0.2, 0.25) is 0 Å². The molecule has 0 aromatic carbocycles. The summed E-state index contributed by atoms with van der Waals surface area (Å²) in [5, 5.41) is 0. The average molecular weight is 589 g/mol. The molecule has 30 valence electrons. The average Bonchev–Trinajstić information content (AvgIpc) is 0. The molecule has 0 aromatic rings. The van der Waals surface area contributed by atoms with Crippen LogP contribution in [0.5, 0.6) is 0 Å². The predicted molar refractivity (Wildman–Crippen MR) is 34.4 cm³/mol. The van der Waals surface area contributed by atoms with Crippen molar-refractivity contribution in [2.45, 2.75) is 0 Å². The van der Waals surface area contributed by atoms with Gasteiger partial charge < -0.3 is 5.71 Å². The fourth-order valence-electron chi connectivity index (χ4n) is 0. The Morgan fingerprint density at radius 2 is 1.17 bits per heavy atom. The molecule has 0 spiro atoms. The third-order valence-corrected chi connectivity index (χ3v) is 0. The van der Waals surface area contributed by atoms with Gasteiger partial charge in [0.15, 0.2) is 17.4 Å². The first-order valence-corrected chi connectivity index (χ1v) is 0. The van der Waals surface area contributed by atoms with Crippen LogP contribution in [0, 0.1) is 0 Å². The van der Waals surface area contributed by atoms with Gasteiger partial charge in [-0.2, -0.15) is 0 Å². The first kappa shape index (κ1) is 41.4. The van der Waals surface area contributed by atoms with Crippen molar-refractivity contribution in [2.75, 3.05) is 0 Å². The molecule has 0 fully saturated rings. The zero-order valence-corrected chi connectivity index (χ0v) is 20.7. The van der Waals surface area contributed by atoms with Gasteiger partial charge in [0.1, 0.15) is 0 Å². The number of hydrogen-bond acceptors (Lipinski definition) is 0. The zero-order chi connectivity index (χ0) is 0.